The number of rotatable bonds is 2. The third kappa shape index (κ3) is 2.56. The fourth-order valence-corrected chi connectivity index (χ4v) is 2.07. The Balaban J connectivity index is 2.24. The highest BCUT2D eigenvalue weighted by atomic mass is 16.1. The molecule has 1 heteroatoms. The van der Waals surface area contributed by atoms with Gasteiger partial charge >= 0.3 is 0 Å². The van der Waals surface area contributed by atoms with E-state index in [4.69, 9.17) is 0 Å². The van der Waals surface area contributed by atoms with Crippen LogP contribution in [0.2, 0.25) is 0 Å². The second-order valence-corrected chi connectivity index (χ2v) is 4.18. The molecular weight excluding hydrogens is 184 g/mol. The molecule has 78 valence electrons. The Morgan fingerprint density at radius 1 is 1.20 bits per heavy atom. The molecule has 0 N–H and O–H groups in total. The number of hydrogen-bond donors (Lipinski definition) is 0. The summed E-state index contributed by atoms with van der Waals surface area (Å²) in [6.07, 6.45) is 8.55. The highest BCUT2D eigenvalue weighted by molar-refractivity contribution is 5.91. The Labute approximate surface area is 90.8 Å². The fraction of sp³-hybridized carbons (Fsp3) is 0.357. The Morgan fingerprint density at radius 3 is 2.67 bits per heavy atom. The standard InChI is InChI=1S/C14H16O/c1-11(15)6-7-12-8-9-13-4-2-3-5-14(13)10-12/h6-10H,2-5H2,1H3/b7-6+. The highest BCUT2D eigenvalue weighted by Crippen LogP contribution is 2.22. The smallest absolute Gasteiger partial charge is 0.152 e. The molecule has 1 aliphatic carbocycles. The first-order valence-corrected chi connectivity index (χ1v) is 5.56. The molecule has 0 spiro atoms. The molecule has 0 radical (unpaired) electrons. The van der Waals surface area contributed by atoms with Gasteiger partial charge in [0.15, 0.2) is 5.78 Å². The maximum absolute atomic E-state index is 10.8. The average molecular weight is 200 g/mol. The Hall–Kier alpha value is -1.37. The SMILES string of the molecule is CC(=O)/C=C/c1ccc2c(c1)CCCC2. The summed E-state index contributed by atoms with van der Waals surface area (Å²) >= 11 is 0. The van der Waals surface area contributed by atoms with Gasteiger partial charge in [0.25, 0.3) is 0 Å². The molecule has 0 saturated heterocycles. The summed E-state index contributed by atoms with van der Waals surface area (Å²) in [4.78, 5) is 10.8. The third-order valence-corrected chi connectivity index (χ3v) is 2.88. The van der Waals surface area contributed by atoms with Gasteiger partial charge in [0.05, 0.1) is 0 Å². The van der Waals surface area contributed by atoms with Crippen molar-refractivity contribution >= 4 is 11.9 Å². The number of aryl methyl sites for hydroxylation is 2. The lowest BCUT2D eigenvalue weighted by atomic mass is 9.90. The monoisotopic (exact) mass is 200 g/mol. The first-order chi connectivity index (χ1) is 7.25. The summed E-state index contributed by atoms with van der Waals surface area (Å²) in [5, 5.41) is 0. The lowest BCUT2D eigenvalue weighted by Gasteiger charge is -2.15. The zero-order valence-electron chi connectivity index (χ0n) is 9.12. The van der Waals surface area contributed by atoms with E-state index < -0.39 is 0 Å². The van der Waals surface area contributed by atoms with E-state index in [1.807, 2.05) is 6.08 Å². The number of carbonyl (C=O) groups is 1. The molecule has 1 aromatic rings. The number of carbonyl (C=O) groups excluding carboxylic acids is 1. The minimum Gasteiger partial charge on any atom is -0.295 e. The van der Waals surface area contributed by atoms with Crippen molar-refractivity contribution in [1.82, 2.24) is 0 Å². The van der Waals surface area contributed by atoms with E-state index in [-0.39, 0.29) is 5.78 Å². The van der Waals surface area contributed by atoms with Gasteiger partial charge in [-0.1, -0.05) is 24.3 Å². The summed E-state index contributed by atoms with van der Waals surface area (Å²) in [5.74, 6) is 0.104. The maximum Gasteiger partial charge on any atom is 0.152 e. The van der Waals surface area contributed by atoms with Crippen LogP contribution in [0, 0.1) is 0 Å². The second kappa shape index (κ2) is 4.43. The largest absolute Gasteiger partial charge is 0.295 e. The Bertz CT molecular complexity index is 402. The molecule has 0 fully saturated rings. The lowest BCUT2D eigenvalue weighted by Crippen LogP contribution is -2.02. The number of fused-ring (bicyclic) bond motifs is 1. The van der Waals surface area contributed by atoms with Gasteiger partial charge in [-0.2, -0.15) is 0 Å². The molecule has 1 nitrogen and oxygen atoms in total. The van der Waals surface area contributed by atoms with Gasteiger partial charge in [-0.25, -0.2) is 0 Å². The molecule has 0 heterocycles. The first-order valence-electron chi connectivity index (χ1n) is 5.56. The highest BCUT2D eigenvalue weighted by Gasteiger charge is 2.08. The summed E-state index contributed by atoms with van der Waals surface area (Å²) in [5.41, 5.74) is 4.10. The van der Waals surface area contributed by atoms with Crippen molar-refractivity contribution in [3.8, 4) is 0 Å². The van der Waals surface area contributed by atoms with Crippen molar-refractivity contribution in [2.24, 2.45) is 0 Å². The predicted molar refractivity (Wildman–Crippen MR) is 62.8 cm³/mol. The lowest BCUT2D eigenvalue weighted by molar-refractivity contribution is -0.112. The zero-order valence-corrected chi connectivity index (χ0v) is 9.12. The maximum atomic E-state index is 10.8. The third-order valence-electron chi connectivity index (χ3n) is 2.88. The summed E-state index contributed by atoms with van der Waals surface area (Å²) in [6.45, 7) is 1.58. The van der Waals surface area contributed by atoms with Crippen molar-refractivity contribution in [2.75, 3.05) is 0 Å². The number of allylic oxidation sites excluding steroid dienone is 1. The molecule has 1 aromatic carbocycles. The topological polar surface area (TPSA) is 17.1 Å². The molecule has 1 aliphatic rings. The van der Waals surface area contributed by atoms with E-state index in [9.17, 15) is 4.79 Å². The van der Waals surface area contributed by atoms with E-state index in [0.29, 0.717) is 0 Å². The minimum absolute atomic E-state index is 0.104. The molecule has 2 rings (SSSR count). The van der Waals surface area contributed by atoms with E-state index in [1.165, 1.54) is 36.8 Å². The van der Waals surface area contributed by atoms with Crippen LogP contribution in [-0.4, -0.2) is 5.78 Å². The van der Waals surface area contributed by atoms with Gasteiger partial charge in [-0.3, -0.25) is 4.79 Å². The molecule has 15 heavy (non-hydrogen) atoms. The second-order valence-electron chi connectivity index (χ2n) is 4.18. The first kappa shape index (κ1) is 10.2. The number of benzene rings is 1. The Morgan fingerprint density at radius 2 is 1.93 bits per heavy atom. The zero-order chi connectivity index (χ0) is 10.7. The van der Waals surface area contributed by atoms with Crippen LogP contribution in [0.1, 0.15) is 36.5 Å². The van der Waals surface area contributed by atoms with Crippen molar-refractivity contribution in [2.45, 2.75) is 32.6 Å². The number of hydrogen-bond acceptors (Lipinski definition) is 1. The quantitative estimate of drug-likeness (QED) is 0.670. The molecule has 0 saturated carbocycles. The molecule has 0 amide bonds. The fourth-order valence-electron chi connectivity index (χ4n) is 2.07. The van der Waals surface area contributed by atoms with Crippen LogP contribution in [0.5, 0.6) is 0 Å². The van der Waals surface area contributed by atoms with Gasteiger partial charge < -0.3 is 0 Å². The van der Waals surface area contributed by atoms with Gasteiger partial charge in [0.1, 0.15) is 0 Å². The van der Waals surface area contributed by atoms with Gasteiger partial charge in [0.2, 0.25) is 0 Å². The molecular formula is C14H16O. The van der Waals surface area contributed by atoms with E-state index >= 15 is 0 Å². The van der Waals surface area contributed by atoms with Crippen LogP contribution in [0.15, 0.2) is 24.3 Å². The molecule has 0 atom stereocenters. The molecule has 0 unspecified atom stereocenters. The summed E-state index contributed by atoms with van der Waals surface area (Å²) in [6, 6.07) is 6.52. The predicted octanol–water partition coefficient (Wildman–Crippen LogP) is 3.17. The van der Waals surface area contributed by atoms with Crippen LogP contribution in [0.3, 0.4) is 0 Å². The van der Waals surface area contributed by atoms with E-state index in [2.05, 4.69) is 18.2 Å². The van der Waals surface area contributed by atoms with Crippen molar-refractivity contribution in [1.29, 1.82) is 0 Å². The molecule has 0 bridgehead atoms. The summed E-state index contributed by atoms with van der Waals surface area (Å²) in [7, 11) is 0. The van der Waals surface area contributed by atoms with Crippen LogP contribution in [-0.2, 0) is 17.6 Å². The molecule has 0 aromatic heterocycles. The van der Waals surface area contributed by atoms with E-state index in [1.54, 1.807) is 13.0 Å². The van der Waals surface area contributed by atoms with Crippen molar-refractivity contribution in [3.05, 3.63) is 41.0 Å². The normalized spacial score (nSPS) is 15.3. The van der Waals surface area contributed by atoms with Crippen LogP contribution >= 0.6 is 0 Å². The van der Waals surface area contributed by atoms with Gasteiger partial charge in [0, 0.05) is 0 Å². The number of ketones is 1. The minimum atomic E-state index is 0.104. The average Bonchev–Trinajstić information content (AvgIpc) is 2.26. The molecule has 0 aliphatic heterocycles. The van der Waals surface area contributed by atoms with Gasteiger partial charge in [-0.15, -0.1) is 0 Å². The van der Waals surface area contributed by atoms with E-state index in [0.717, 1.165) is 5.56 Å². The van der Waals surface area contributed by atoms with Crippen LogP contribution in [0.25, 0.3) is 6.08 Å². The van der Waals surface area contributed by atoms with Crippen molar-refractivity contribution in [3.63, 3.8) is 0 Å². The summed E-state index contributed by atoms with van der Waals surface area (Å²) < 4.78 is 0. The Kier molecular flexibility index (Phi) is 3.00. The van der Waals surface area contributed by atoms with Gasteiger partial charge in [-0.05, 0) is 55.4 Å². The van der Waals surface area contributed by atoms with Crippen LogP contribution in [0.4, 0.5) is 0 Å². The van der Waals surface area contributed by atoms with Crippen molar-refractivity contribution < 1.29 is 4.79 Å². The van der Waals surface area contributed by atoms with Crippen LogP contribution < -0.4 is 0 Å².